The Kier molecular flexibility index (Phi) is 8.64. The van der Waals surface area contributed by atoms with Crippen LogP contribution in [0.4, 0.5) is 0 Å². The van der Waals surface area contributed by atoms with Gasteiger partial charge in [-0.15, -0.1) is 0 Å². The summed E-state index contributed by atoms with van der Waals surface area (Å²) in [5.74, 6) is 1.52. The maximum atomic E-state index is 12.8. The highest BCUT2D eigenvalue weighted by molar-refractivity contribution is 5.45. The van der Waals surface area contributed by atoms with Crippen molar-refractivity contribution in [1.29, 1.82) is 0 Å². The van der Waals surface area contributed by atoms with Gasteiger partial charge in [-0.05, 0) is 41.0 Å². The van der Waals surface area contributed by atoms with Crippen LogP contribution in [0.5, 0.6) is 11.5 Å². The normalized spacial score (nSPS) is 22.8. The van der Waals surface area contributed by atoms with Crippen molar-refractivity contribution in [2.45, 2.75) is 31.5 Å². The Bertz CT molecular complexity index is 1100. The molecule has 0 saturated carbocycles. The summed E-state index contributed by atoms with van der Waals surface area (Å²) < 4.78 is 18.2. The number of ether oxygens (including phenoxy) is 3. The van der Waals surface area contributed by atoms with Gasteiger partial charge in [-0.2, -0.15) is 0 Å². The van der Waals surface area contributed by atoms with Gasteiger partial charge in [0.2, 0.25) is 0 Å². The van der Waals surface area contributed by atoms with Gasteiger partial charge in [0.05, 0.1) is 47.1 Å². The lowest BCUT2D eigenvalue weighted by molar-refractivity contribution is -0.946. The number of benzene rings is 3. The summed E-state index contributed by atoms with van der Waals surface area (Å²) in [6.07, 6.45) is 2.91. The molecule has 0 aliphatic carbocycles. The Morgan fingerprint density at radius 1 is 0.784 bits per heavy atom. The quantitative estimate of drug-likeness (QED) is 0.301. The van der Waals surface area contributed by atoms with E-state index in [0.717, 1.165) is 79.2 Å². The van der Waals surface area contributed by atoms with Crippen LogP contribution in [-0.4, -0.2) is 56.6 Å². The first-order chi connectivity index (χ1) is 17.5. The first-order valence-electron chi connectivity index (χ1n) is 13.0. The Morgan fingerprint density at radius 2 is 1.32 bits per heavy atom. The van der Waals surface area contributed by atoms with Crippen molar-refractivity contribution in [3.63, 3.8) is 0 Å². The average molecular weight is 569 g/mol. The molecule has 3 aromatic rings. The van der Waals surface area contributed by atoms with Crippen molar-refractivity contribution in [3.05, 3.63) is 95.6 Å². The molecule has 3 saturated heterocycles. The van der Waals surface area contributed by atoms with Gasteiger partial charge in [0.15, 0.2) is 0 Å². The van der Waals surface area contributed by atoms with Crippen molar-refractivity contribution in [1.82, 2.24) is 0 Å². The number of nitrogens with zero attached hydrogens (tertiary/aromatic N) is 1. The highest BCUT2D eigenvalue weighted by atomic mass is 79.9. The highest BCUT2D eigenvalue weighted by Crippen LogP contribution is 2.57. The topological polar surface area (TPSA) is 47.9 Å². The Balaban J connectivity index is 0.00000320. The fraction of sp³-hybridized carbons (Fsp3) is 0.419. The number of methoxy groups -OCH3 is 2. The molecule has 0 unspecified atom stereocenters. The molecule has 198 valence electrons. The van der Waals surface area contributed by atoms with E-state index in [1.807, 2.05) is 54.6 Å². The van der Waals surface area contributed by atoms with Gasteiger partial charge < -0.3 is 40.8 Å². The second kappa shape index (κ2) is 11.6. The van der Waals surface area contributed by atoms with Crippen molar-refractivity contribution >= 4 is 0 Å². The number of hydrogen-bond donors (Lipinski definition) is 1. The van der Waals surface area contributed by atoms with Crippen LogP contribution in [0.15, 0.2) is 78.9 Å². The lowest BCUT2D eigenvalue weighted by Gasteiger charge is -2.60. The molecule has 1 N–H and O–H groups in total. The zero-order valence-corrected chi connectivity index (χ0v) is 23.5. The van der Waals surface area contributed by atoms with Gasteiger partial charge >= 0.3 is 0 Å². The second-order valence-electron chi connectivity index (χ2n) is 10.5. The number of rotatable bonds is 10. The molecule has 0 amide bonds. The van der Waals surface area contributed by atoms with Crippen LogP contribution in [0.1, 0.15) is 36.0 Å². The summed E-state index contributed by atoms with van der Waals surface area (Å²) in [5.41, 5.74) is 1.63. The molecule has 3 fully saturated rings. The SMILES string of the molecule is COc1cccc(C(O)(c2cccc(OC)c2)C23CC[N+](CCOCc4ccccc4)(CC2)CC3)c1.[Br-]. The molecule has 3 heterocycles. The summed E-state index contributed by atoms with van der Waals surface area (Å²) in [5, 5.41) is 12.8. The third-order valence-corrected chi connectivity index (χ3v) is 8.76. The maximum absolute atomic E-state index is 12.8. The molecule has 0 radical (unpaired) electrons. The molecular formula is C31H38BrNO4. The zero-order valence-electron chi connectivity index (χ0n) is 21.9. The first-order valence-corrected chi connectivity index (χ1v) is 13.0. The Labute approximate surface area is 231 Å². The minimum atomic E-state index is -1.13. The van der Waals surface area contributed by atoms with Gasteiger partial charge in [0.1, 0.15) is 23.6 Å². The molecule has 2 bridgehead atoms. The van der Waals surface area contributed by atoms with Gasteiger partial charge in [0.25, 0.3) is 0 Å². The number of quaternary nitrogens is 1. The Morgan fingerprint density at radius 3 is 1.84 bits per heavy atom. The van der Waals surface area contributed by atoms with Gasteiger partial charge in [-0.1, -0.05) is 54.6 Å². The molecule has 5 nitrogen and oxygen atoms in total. The summed E-state index contributed by atoms with van der Waals surface area (Å²) in [6, 6.07) is 26.3. The number of piperidine rings is 3. The minimum absolute atomic E-state index is 0. The molecule has 6 heteroatoms. The number of fused-ring (bicyclic) bond motifs is 3. The van der Waals surface area contributed by atoms with E-state index in [4.69, 9.17) is 14.2 Å². The number of halogens is 1. The van der Waals surface area contributed by atoms with Crippen LogP contribution in [0.2, 0.25) is 0 Å². The van der Waals surface area contributed by atoms with E-state index >= 15 is 0 Å². The predicted octanol–water partition coefficient (Wildman–Crippen LogP) is 2.16. The van der Waals surface area contributed by atoms with E-state index in [9.17, 15) is 5.11 Å². The summed E-state index contributed by atoms with van der Waals surface area (Å²) in [6.45, 7) is 5.63. The van der Waals surface area contributed by atoms with Gasteiger partial charge in [-0.3, -0.25) is 0 Å². The van der Waals surface area contributed by atoms with E-state index in [1.165, 1.54) is 5.56 Å². The van der Waals surface area contributed by atoms with E-state index in [-0.39, 0.29) is 22.4 Å². The fourth-order valence-electron chi connectivity index (χ4n) is 6.44. The molecule has 3 aliphatic rings. The predicted molar refractivity (Wildman–Crippen MR) is 141 cm³/mol. The van der Waals surface area contributed by atoms with Crippen molar-refractivity contribution in [3.8, 4) is 11.5 Å². The average Bonchev–Trinajstić information content (AvgIpc) is 2.96. The zero-order chi connectivity index (χ0) is 25.1. The molecule has 3 aliphatic heterocycles. The summed E-state index contributed by atoms with van der Waals surface area (Å²) >= 11 is 0. The van der Waals surface area contributed by atoms with Crippen molar-refractivity contribution in [2.75, 3.05) is 47.0 Å². The largest absolute Gasteiger partial charge is 1.00 e. The van der Waals surface area contributed by atoms with E-state index in [0.29, 0.717) is 6.61 Å². The summed E-state index contributed by atoms with van der Waals surface area (Å²) in [7, 11) is 3.35. The van der Waals surface area contributed by atoms with Crippen LogP contribution in [0, 0.1) is 5.41 Å². The van der Waals surface area contributed by atoms with Crippen LogP contribution < -0.4 is 26.5 Å². The van der Waals surface area contributed by atoms with Crippen LogP contribution in [-0.2, 0) is 16.9 Å². The molecular weight excluding hydrogens is 530 g/mol. The highest BCUT2D eigenvalue weighted by Gasteiger charge is 2.60. The third-order valence-electron chi connectivity index (χ3n) is 8.76. The smallest absolute Gasteiger partial charge is 0.121 e. The van der Waals surface area contributed by atoms with E-state index < -0.39 is 5.60 Å². The molecule has 0 spiro atoms. The number of hydrogen-bond acceptors (Lipinski definition) is 4. The number of aliphatic hydroxyl groups is 1. The minimum Gasteiger partial charge on any atom is -1.00 e. The summed E-state index contributed by atoms with van der Waals surface area (Å²) in [4.78, 5) is 0. The lowest BCUT2D eigenvalue weighted by atomic mass is 9.56. The monoisotopic (exact) mass is 567 g/mol. The molecule has 37 heavy (non-hydrogen) atoms. The molecule has 0 atom stereocenters. The van der Waals surface area contributed by atoms with Crippen LogP contribution in [0.25, 0.3) is 0 Å². The van der Waals surface area contributed by atoms with Gasteiger partial charge in [-0.25, -0.2) is 0 Å². The maximum Gasteiger partial charge on any atom is 0.121 e. The second-order valence-corrected chi connectivity index (χ2v) is 10.5. The van der Waals surface area contributed by atoms with Crippen LogP contribution >= 0.6 is 0 Å². The molecule has 6 rings (SSSR count). The molecule has 0 aromatic heterocycles. The molecule has 3 aromatic carbocycles. The Hall–Kier alpha value is -2.38. The van der Waals surface area contributed by atoms with Crippen LogP contribution in [0.3, 0.4) is 0 Å². The first kappa shape index (κ1) is 27.6. The van der Waals surface area contributed by atoms with Crippen molar-refractivity contribution in [2.24, 2.45) is 5.41 Å². The van der Waals surface area contributed by atoms with Gasteiger partial charge in [0, 0.05) is 24.7 Å². The van der Waals surface area contributed by atoms with E-state index in [2.05, 4.69) is 24.3 Å². The van der Waals surface area contributed by atoms with Crippen molar-refractivity contribution < 1.29 is 40.8 Å². The van der Waals surface area contributed by atoms with E-state index in [1.54, 1.807) is 14.2 Å². The third kappa shape index (κ3) is 5.30. The fourth-order valence-corrected chi connectivity index (χ4v) is 6.44. The lowest BCUT2D eigenvalue weighted by Crippen LogP contribution is -3.00. The standard InChI is InChI=1S/C31H38NO4.BrH/c1-34-28-12-6-10-26(22-28)31(33,27-11-7-13-29(23-27)35-2)30-14-17-32(18-15-30,19-16-30)20-21-36-24-25-8-4-3-5-9-25;/h3-13,22-23,33H,14-21,24H2,1-2H3;1H/q+1;/p-1.